The molecule has 2 aromatic carbocycles. The average molecular weight is 432 g/mol. The normalized spacial score (nSPS) is 18.0. The maximum Gasteiger partial charge on any atom is 0.326 e. The lowest BCUT2D eigenvalue weighted by Gasteiger charge is -2.26. The SMILES string of the molecule is Cc1ccc(S(=O)(=O)N2CCC[C@H]2NC(=O)N[C@@H](Cc2ccccc2)C(=O)O)cc1. The quantitative estimate of drug-likeness (QED) is 0.621. The minimum Gasteiger partial charge on any atom is -0.480 e. The van der Waals surface area contributed by atoms with E-state index < -0.39 is 34.2 Å². The van der Waals surface area contributed by atoms with Crippen molar-refractivity contribution in [3.05, 3.63) is 65.7 Å². The summed E-state index contributed by atoms with van der Waals surface area (Å²) in [6, 6.07) is 13.7. The van der Waals surface area contributed by atoms with E-state index in [-0.39, 0.29) is 17.9 Å². The van der Waals surface area contributed by atoms with Gasteiger partial charge in [0, 0.05) is 13.0 Å². The van der Waals surface area contributed by atoms with E-state index in [4.69, 9.17) is 0 Å². The van der Waals surface area contributed by atoms with Gasteiger partial charge in [-0.05, 0) is 37.5 Å². The first-order chi connectivity index (χ1) is 14.3. The van der Waals surface area contributed by atoms with Gasteiger partial charge in [-0.25, -0.2) is 18.0 Å². The third-order valence-electron chi connectivity index (χ3n) is 5.02. The van der Waals surface area contributed by atoms with E-state index in [0.717, 1.165) is 11.1 Å². The molecule has 3 rings (SSSR count). The van der Waals surface area contributed by atoms with Gasteiger partial charge in [0.15, 0.2) is 0 Å². The number of sulfonamides is 1. The number of carbonyl (C=O) groups excluding carboxylic acids is 1. The Hall–Kier alpha value is -2.91. The summed E-state index contributed by atoms with van der Waals surface area (Å²) in [5, 5.41) is 14.5. The van der Waals surface area contributed by atoms with E-state index in [1.165, 1.54) is 4.31 Å². The molecule has 1 saturated heterocycles. The number of amides is 2. The fourth-order valence-corrected chi connectivity index (χ4v) is 5.03. The van der Waals surface area contributed by atoms with Crippen LogP contribution in [0.25, 0.3) is 0 Å². The Morgan fingerprint density at radius 3 is 2.43 bits per heavy atom. The van der Waals surface area contributed by atoms with Gasteiger partial charge in [0.05, 0.1) is 11.1 Å². The van der Waals surface area contributed by atoms with Crippen molar-refractivity contribution in [2.45, 2.75) is 43.3 Å². The fourth-order valence-electron chi connectivity index (χ4n) is 3.42. The van der Waals surface area contributed by atoms with Crippen LogP contribution in [0.2, 0.25) is 0 Å². The first-order valence-electron chi connectivity index (χ1n) is 9.69. The predicted octanol–water partition coefficient (Wildman–Crippen LogP) is 2.10. The van der Waals surface area contributed by atoms with E-state index >= 15 is 0 Å². The molecule has 2 atom stereocenters. The second kappa shape index (κ2) is 9.27. The number of carboxylic acids is 1. The van der Waals surface area contributed by atoms with Crippen molar-refractivity contribution in [1.82, 2.24) is 14.9 Å². The lowest BCUT2D eigenvalue weighted by atomic mass is 10.1. The maximum atomic E-state index is 13.0. The van der Waals surface area contributed by atoms with Crippen LogP contribution in [0.5, 0.6) is 0 Å². The summed E-state index contributed by atoms with van der Waals surface area (Å²) in [6.07, 6.45) is 0.444. The second-order valence-corrected chi connectivity index (χ2v) is 9.18. The van der Waals surface area contributed by atoms with Crippen molar-refractivity contribution < 1.29 is 23.1 Å². The van der Waals surface area contributed by atoms with Gasteiger partial charge in [0.25, 0.3) is 0 Å². The van der Waals surface area contributed by atoms with Crippen molar-refractivity contribution in [2.75, 3.05) is 6.54 Å². The standard InChI is InChI=1S/C21H25N3O5S/c1-15-9-11-17(12-10-15)30(28,29)24-13-5-8-19(24)23-21(27)22-18(20(25)26)14-16-6-3-2-4-7-16/h2-4,6-7,9-12,18-19H,5,8,13-14H2,1H3,(H,25,26)(H2,22,23,27)/t18-,19-/m0/s1. The zero-order valence-corrected chi connectivity index (χ0v) is 17.4. The molecule has 8 nitrogen and oxygen atoms in total. The van der Waals surface area contributed by atoms with Gasteiger partial charge < -0.3 is 15.7 Å². The highest BCUT2D eigenvalue weighted by atomic mass is 32.2. The fraction of sp³-hybridized carbons (Fsp3) is 0.333. The molecule has 0 unspecified atom stereocenters. The Labute approximate surface area is 176 Å². The van der Waals surface area contributed by atoms with Crippen LogP contribution in [0.3, 0.4) is 0 Å². The van der Waals surface area contributed by atoms with Crippen LogP contribution in [0, 0.1) is 6.92 Å². The van der Waals surface area contributed by atoms with Crippen molar-refractivity contribution in [2.24, 2.45) is 0 Å². The number of carboxylic acid groups (broad SMARTS) is 1. The van der Waals surface area contributed by atoms with Gasteiger partial charge in [-0.3, -0.25) is 0 Å². The molecule has 2 aromatic rings. The summed E-state index contributed by atoms with van der Waals surface area (Å²) < 4.78 is 27.2. The van der Waals surface area contributed by atoms with Gasteiger partial charge in [-0.15, -0.1) is 0 Å². The van der Waals surface area contributed by atoms with Crippen LogP contribution < -0.4 is 10.6 Å². The van der Waals surface area contributed by atoms with Gasteiger partial charge in [0.2, 0.25) is 10.0 Å². The second-order valence-electron chi connectivity index (χ2n) is 7.29. The molecule has 0 bridgehead atoms. The van der Waals surface area contributed by atoms with Crippen LogP contribution in [-0.4, -0.2) is 48.6 Å². The number of urea groups is 1. The lowest BCUT2D eigenvalue weighted by Crippen LogP contribution is -2.53. The third kappa shape index (κ3) is 5.17. The number of aliphatic carboxylic acids is 1. The molecule has 1 heterocycles. The van der Waals surface area contributed by atoms with Crippen LogP contribution in [-0.2, 0) is 21.2 Å². The number of rotatable bonds is 7. The number of nitrogens with one attached hydrogen (secondary N) is 2. The Kier molecular flexibility index (Phi) is 6.73. The molecule has 0 radical (unpaired) electrons. The summed E-state index contributed by atoms with van der Waals surface area (Å²) >= 11 is 0. The predicted molar refractivity (Wildman–Crippen MR) is 111 cm³/mol. The zero-order chi connectivity index (χ0) is 21.7. The van der Waals surface area contributed by atoms with E-state index in [0.29, 0.717) is 12.8 Å². The highest BCUT2D eigenvalue weighted by molar-refractivity contribution is 7.89. The monoisotopic (exact) mass is 431 g/mol. The van der Waals surface area contributed by atoms with Crippen LogP contribution >= 0.6 is 0 Å². The molecule has 160 valence electrons. The van der Waals surface area contributed by atoms with E-state index in [1.807, 2.05) is 13.0 Å². The Balaban J connectivity index is 1.67. The molecule has 3 N–H and O–H groups in total. The Morgan fingerprint density at radius 1 is 1.13 bits per heavy atom. The molecule has 0 aliphatic carbocycles. The average Bonchev–Trinajstić information content (AvgIpc) is 3.17. The number of carbonyl (C=O) groups is 2. The third-order valence-corrected chi connectivity index (χ3v) is 6.94. The van der Waals surface area contributed by atoms with Gasteiger partial charge >= 0.3 is 12.0 Å². The molecular formula is C21H25N3O5S. The topological polar surface area (TPSA) is 116 Å². The molecule has 1 aliphatic heterocycles. The van der Waals surface area contributed by atoms with Gasteiger partial charge in [-0.1, -0.05) is 48.0 Å². The molecule has 1 aliphatic rings. The molecule has 2 amide bonds. The zero-order valence-electron chi connectivity index (χ0n) is 16.6. The number of aryl methyl sites for hydroxylation is 1. The molecular weight excluding hydrogens is 406 g/mol. The number of nitrogens with zero attached hydrogens (tertiary/aromatic N) is 1. The van der Waals surface area contributed by atoms with Crippen molar-refractivity contribution in [3.8, 4) is 0 Å². The maximum absolute atomic E-state index is 13.0. The highest BCUT2D eigenvalue weighted by Crippen LogP contribution is 2.25. The van der Waals surface area contributed by atoms with Crippen LogP contribution in [0.15, 0.2) is 59.5 Å². The molecule has 0 spiro atoms. The molecule has 0 saturated carbocycles. The van der Waals surface area contributed by atoms with Crippen molar-refractivity contribution >= 4 is 22.0 Å². The van der Waals surface area contributed by atoms with E-state index in [1.54, 1.807) is 48.5 Å². The molecule has 0 aromatic heterocycles. The smallest absolute Gasteiger partial charge is 0.326 e. The number of hydrogen-bond donors (Lipinski definition) is 3. The first-order valence-corrected chi connectivity index (χ1v) is 11.1. The van der Waals surface area contributed by atoms with Crippen LogP contribution in [0.4, 0.5) is 4.79 Å². The Morgan fingerprint density at radius 2 is 1.80 bits per heavy atom. The minimum absolute atomic E-state index is 0.125. The summed E-state index contributed by atoms with van der Waals surface area (Å²) in [5.74, 6) is -1.16. The lowest BCUT2D eigenvalue weighted by molar-refractivity contribution is -0.139. The van der Waals surface area contributed by atoms with Gasteiger partial charge in [-0.2, -0.15) is 4.31 Å². The molecule has 1 fully saturated rings. The number of benzene rings is 2. The van der Waals surface area contributed by atoms with Crippen LogP contribution in [0.1, 0.15) is 24.0 Å². The summed E-state index contributed by atoms with van der Waals surface area (Å²) in [7, 11) is -3.77. The van der Waals surface area contributed by atoms with Crippen molar-refractivity contribution in [1.29, 1.82) is 0 Å². The van der Waals surface area contributed by atoms with Crippen molar-refractivity contribution in [3.63, 3.8) is 0 Å². The highest BCUT2D eigenvalue weighted by Gasteiger charge is 2.36. The van der Waals surface area contributed by atoms with Gasteiger partial charge in [0.1, 0.15) is 6.04 Å². The molecule has 9 heteroatoms. The van der Waals surface area contributed by atoms with E-state index in [9.17, 15) is 23.1 Å². The first kappa shape index (κ1) is 21.8. The molecule has 30 heavy (non-hydrogen) atoms. The summed E-state index contributed by atoms with van der Waals surface area (Å²) in [6.45, 7) is 2.16. The number of hydrogen-bond acceptors (Lipinski definition) is 4. The summed E-state index contributed by atoms with van der Waals surface area (Å²) in [4.78, 5) is 24.2. The minimum atomic E-state index is -3.77. The Bertz CT molecular complexity index is 993. The summed E-state index contributed by atoms with van der Waals surface area (Å²) in [5.41, 5.74) is 1.72. The largest absolute Gasteiger partial charge is 0.480 e. The van der Waals surface area contributed by atoms with E-state index in [2.05, 4.69) is 10.6 Å².